The summed E-state index contributed by atoms with van der Waals surface area (Å²) >= 11 is 0. The number of carbonyl (C=O) groups excluding carboxylic acids is 2. The fourth-order valence-electron chi connectivity index (χ4n) is 4.61. The Balaban J connectivity index is 1.89. The van der Waals surface area contributed by atoms with Gasteiger partial charge in [0.15, 0.2) is 0 Å². The van der Waals surface area contributed by atoms with Crippen molar-refractivity contribution in [2.45, 2.75) is 65.1 Å². The van der Waals surface area contributed by atoms with Gasteiger partial charge in [-0.2, -0.15) is 0 Å². The number of para-hydroxylation sites is 1. The highest BCUT2D eigenvalue weighted by atomic mass is 32.2. The molecule has 0 radical (unpaired) electrons. The molecule has 8 heteroatoms. The molecular formula is C32H41N3O4S. The minimum atomic E-state index is -3.55. The van der Waals surface area contributed by atoms with Gasteiger partial charge in [0.2, 0.25) is 21.8 Å². The highest BCUT2D eigenvalue weighted by Gasteiger charge is 2.32. The Hall–Kier alpha value is -3.65. The van der Waals surface area contributed by atoms with Gasteiger partial charge in [0, 0.05) is 31.5 Å². The second kappa shape index (κ2) is 13.6. The predicted octanol–water partition coefficient (Wildman–Crippen LogP) is 5.10. The van der Waals surface area contributed by atoms with Crippen molar-refractivity contribution < 1.29 is 18.0 Å². The van der Waals surface area contributed by atoms with E-state index in [9.17, 15) is 18.0 Å². The molecule has 3 rings (SSSR count). The summed E-state index contributed by atoms with van der Waals surface area (Å²) in [5.41, 5.74) is 2.83. The van der Waals surface area contributed by atoms with E-state index < -0.39 is 21.6 Å². The zero-order valence-corrected chi connectivity index (χ0v) is 24.9. The average molecular weight is 564 g/mol. The van der Waals surface area contributed by atoms with E-state index in [1.165, 1.54) is 10.6 Å². The largest absolute Gasteiger partial charge is 0.350 e. The van der Waals surface area contributed by atoms with Gasteiger partial charge in [-0.3, -0.25) is 13.9 Å². The number of hydrogen-bond acceptors (Lipinski definition) is 4. The lowest BCUT2D eigenvalue weighted by atomic mass is 10.00. The van der Waals surface area contributed by atoms with Crippen LogP contribution in [0, 0.1) is 6.92 Å². The maximum Gasteiger partial charge on any atom is 0.243 e. The molecule has 0 aliphatic rings. The molecule has 1 atom stereocenters. The van der Waals surface area contributed by atoms with Crippen LogP contribution in [-0.2, 0) is 32.6 Å². The lowest BCUT2D eigenvalue weighted by molar-refractivity contribution is -0.142. The van der Waals surface area contributed by atoms with E-state index in [1.54, 1.807) is 17.0 Å². The van der Waals surface area contributed by atoms with Gasteiger partial charge in [-0.05, 0) is 56.9 Å². The van der Waals surface area contributed by atoms with E-state index in [4.69, 9.17) is 0 Å². The summed E-state index contributed by atoms with van der Waals surface area (Å²) in [6, 6.07) is 25.8. The van der Waals surface area contributed by atoms with Crippen LogP contribution in [0.25, 0.3) is 0 Å². The van der Waals surface area contributed by atoms with E-state index in [-0.39, 0.29) is 31.3 Å². The molecule has 7 nitrogen and oxygen atoms in total. The zero-order chi connectivity index (χ0) is 29.3. The van der Waals surface area contributed by atoms with Crippen molar-refractivity contribution in [3.63, 3.8) is 0 Å². The number of aryl methyl sites for hydroxylation is 1. The van der Waals surface area contributed by atoms with Crippen LogP contribution < -0.4 is 9.62 Å². The number of amides is 2. The summed E-state index contributed by atoms with van der Waals surface area (Å²) in [4.78, 5) is 29.1. The van der Waals surface area contributed by atoms with Gasteiger partial charge in [0.1, 0.15) is 6.04 Å². The van der Waals surface area contributed by atoms with Crippen LogP contribution in [0.15, 0.2) is 84.9 Å². The monoisotopic (exact) mass is 563 g/mol. The number of anilines is 1. The van der Waals surface area contributed by atoms with Gasteiger partial charge in [0.25, 0.3) is 0 Å². The third-order valence-electron chi connectivity index (χ3n) is 6.50. The minimum absolute atomic E-state index is 0.0961. The predicted molar refractivity (Wildman–Crippen MR) is 161 cm³/mol. The van der Waals surface area contributed by atoms with E-state index in [0.717, 1.165) is 16.7 Å². The summed E-state index contributed by atoms with van der Waals surface area (Å²) in [7, 11) is -3.55. The highest BCUT2D eigenvalue weighted by molar-refractivity contribution is 7.92. The van der Waals surface area contributed by atoms with Crippen LogP contribution >= 0.6 is 0 Å². The molecule has 0 aliphatic carbocycles. The Morgan fingerprint density at radius 3 is 1.95 bits per heavy atom. The Labute approximate surface area is 239 Å². The van der Waals surface area contributed by atoms with E-state index >= 15 is 0 Å². The fourth-order valence-corrected chi connectivity index (χ4v) is 5.64. The van der Waals surface area contributed by atoms with Crippen LogP contribution in [0.5, 0.6) is 0 Å². The SMILES string of the molecule is Cc1ccccc1N(CCCC(=O)N(Cc1ccccc1)[C@@H](Cc1ccccc1)C(=O)NC(C)(C)C)S(C)(=O)=O. The van der Waals surface area contributed by atoms with Crippen LogP contribution in [0.2, 0.25) is 0 Å². The van der Waals surface area contributed by atoms with Crippen LogP contribution in [0.4, 0.5) is 5.69 Å². The molecule has 0 fully saturated rings. The summed E-state index contributed by atoms with van der Waals surface area (Å²) in [6.07, 6.45) is 1.94. The first-order valence-corrected chi connectivity index (χ1v) is 15.4. The maximum absolute atomic E-state index is 13.9. The second-order valence-corrected chi connectivity index (χ2v) is 13.1. The molecule has 0 unspecified atom stereocenters. The topological polar surface area (TPSA) is 86.8 Å². The third-order valence-corrected chi connectivity index (χ3v) is 7.68. The van der Waals surface area contributed by atoms with Crippen molar-refractivity contribution in [3.05, 3.63) is 102 Å². The lowest BCUT2D eigenvalue weighted by Gasteiger charge is -2.34. The summed E-state index contributed by atoms with van der Waals surface area (Å²) in [5.74, 6) is -0.426. The fraction of sp³-hybridized carbons (Fsp3) is 0.375. The molecular weight excluding hydrogens is 522 g/mol. The average Bonchev–Trinajstić information content (AvgIpc) is 2.88. The first-order valence-electron chi connectivity index (χ1n) is 13.6. The van der Waals surface area contributed by atoms with Gasteiger partial charge < -0.3 is 10.2 Å². The molecule has 0 saturated heterocycles. The molecule has 0 saturated carbocycles. The maximum atomic E-state index is 13.9. The molecule has 0 bridgehead atoms. The molecule has 2 amide bonds. The number of hydrogen-bond donors (Lipinski definition) is 1. The Bertz CT molecular complexity index is 1370. The smallest absolute Gasteiger partial charge is 0.243 e. The Kier molecular flexibility index (Phi) is 10.5. The molecule has 40 heavy (non-hydrogen) atoms. The molecule has 0 spiro atoms. The van der Waals surface area contributed by atoms with E-state index in [0.29, 0.717) is 18.5 Å². The summed E-state index contributed by atoms with van der Waals surface area (Å²) in [6.45, 7) is 8.04. The third kappa shape index (κ3) is 9.23. The van der Waals surface area contributed by atoms with Crippen molar-refractivity contribution in [2.75, 3.05) is 17.1 Å². The van der Waals surface area contributed by atoms with Crippen LogP contribution in [0.3, 0.4) is 0 Å². The minimum Gasteiger partial charge on any atom is -0.350 e. The molecule has 1 N–H and O–H groups in total. The van der Waals surface area contributed by atoms with Gasteiger partial charge in [0.05, 0.1) is 11.9 Å². The van der Waals surface area contributed by atoms with Crippen molar-refractivity contribution in [3.8, 4) is 0 Å². The normalized spacial score (nSPS) is 12.4. The van der Waals surface area contributed by atoms with Crippen molar-refractivity contribution in [1.29, 1.82) is 0 Å². The second-order valence-electron chi connectivity index (χ2n) is 11.2. The molecule has 0 aliphatic heterocycles. The first-order chi connectivity index (χ1) is 18.8. The van der Waals surface area contributed by atoms with Crippen molar-refractivity contribution in [1.82, 2.24) is 10.2 Å². The lowest BCUT2D eigenvalue weighted by Crippen LogP contribution is -2.54. The highest BCUT2D eigenvalue weighted by Crippen LogP contribution is 2.23. The Morgan fingerprint density at radius 2 is 1.40 bits per heavy atom. The number of nitrogens with one attached hydrogen (secondary N) is 1. The Morgan fingerprint density at radius 1 is 0.850 bits per heavy atom. The number of rotatable bonds is 12. The van der Waals surface area contributed by atoms with Gasteiger partial charge >= 0.3 is 0 Å². The van der Waals surface area contributed by atoms with E-state index in [1.807, 2.05) is 100 Å². The van der Waals surface area contributed by atoms with Crippen LogP contribution in [0.1, 0.15) is 50.3 Å². The van der Waals surface area contributed by atoms with Gasteiger partial charge in [-0.25, -0.2) is 8.42 Å². The van der Waals surface area contributed by atoms with Gasteiger partial charge in [-0.15, -0.1) is 0 Å². The number of benzene rings is 3. The molecule has 0 aromatic heterocycles. The number of carbonyl (C=O) groups is 2. The van der Waals surface area contributed by atoms with Gasteiger partial charge in [-0.1, -0.05) is 78.9 Å². The quantitative estimate of drug-likeness (QED) is 0.332. The molecule has 0 heterocycles. The standard InChI is InChI=1S/C32H41N3O4S/c1-25-15-12-13-20-28(25)35(40(5,38)39)22-14-21-30(36)34(24-27-18-10-7-11-19-27)29(31(37)33-32(2,3)4)23-26-16-8-6-9-17-26/h6-13,15-20,29H,14,21-24H2,1-5H3,(H,33,37)/t29-/m0/s1. The van der Waals surface area contributed by atoms with Crippen molar-refractivity contribution in [2.24, 2.45) is 0 Å². The summed E-state index contributed by atoms with van der Waals surface area (Å²) < 4.78 is 26.6. The van der Waals surface area contributed by atoms with Crippen molar-refractivity contribution >= 4 is 27.5 Å². The molecule has 214 valence electrons. The number of sulfonamides is 1. The van der Waals surface area contributed by atoms with E-state index in [2.05, 4.69) is 5.32 Å². The molecule has 3 aromatic rings. The van der Waals surface area contributed by atoms with Crippen LogP contribution in [-0.4, -0.2) is 49.5 Å². The zero-order valence-electron chi connectivity index (χ0n) is 24.1. The molecule has 3 aromatic carbocycles. The first kappa shape index (κ1) is 30.9. The summed E-state index contributed by atoms with van der Waals surface area (Å²) in [5, 5.41) is 3.06. The number of nitrogens with zero attached hydrogens (tertiary/aromatic N) is 2.